The molecule has 0 aromatic heterocycles. The Morgan fingerprint density at radius 2 is 2.14 bits per heavy atom. The molecule has 2 unspecified atom stereocenters. The zero-order valence-corrected chi connectivity index (χ0v) is 13.9. The van der Waals surface area contributed by atoms with Gasteiger partial charge in [0, 0.05) is 23.5 Å². The first-order chi connectivity index (χ1) is 10.0. The molecule has 0 heterocycles. The van der Waals surface area contributed by atoms with Crippen LogP contribution in [0.5, 0.6) is 0 Å². The summed E-state index contributed by atoms with van der Waals surface area (Å²) in [5.41, 5.74) is 1.11. The predicted molar refractivity (Wildman–Crippen MR) is 85.8 cm³/mol. The average molecular weight is 315 g/mol. The van der Waals surface area contributed by atoms with Gasteiger partial charge < -0.3 is 9.66 Å². The van der Waals surface area contributed by atoms with Gasteiger partial charge in [-0.1, -0.05) is 38.5 Å². The summed E-state index contributed by atoms with van der Waals surface area (Å²) in [6.07, 6.45) is 2.39. The van der Waals surface area contributed by atoms with Crippen LogP contribution in [-0.2, 0) is 11.4 Å². The minimum absolute atomic E-state index is 0.00289. The van der Waals surface area contributed by atoms with E-state index in [2.05, 4.69) is 4.72 Å². The van der Waals surface area contributed by atoms with Crippen molar-refractivity contribution >= 4 is 11.4 Å². The van der Waals surface area contributed by atoms with Gasteiger partial charge in [-0.15, -0.1) is 4.72 Å². The van der Waals surface area contributed by atoms with Gasteiger partial charge in [-0.25, -0.2) is 4.39 Å². The summed E-state index contributed by atoms with van der Waals surface area (Å²) in [6.45, 7) is 5.74. The first-order valence-electron chi connectivity index (χ1n) is 7.51. The molecule has 21 heavy (non-hydrogen) atoms. The number of nitrogens with one attached hydrogen (secondary N) is 1. The summed E-state index contributed by atoms with van der Waals surface area (Å²) in [6, 6.07) is 4.91. The molecule has 1 aromatic carbocycles. The number of aliphatic hydroxyl groups is 1. The van der Waals surface area contributed by atoms with E-state index in [1.807, 2.05) is 19.9 Å². The van der Waals surface area contributed by atoms with E-state index in [-0.39, 0.29) is 24.4 Å². The monoisotopic (exact) mass is 315 g/mol. The van der Waals surface area contributed by atoms with E-state index in [9.17, 15) is 8.94 Å². The Labute approximate surface area is 130 Å². The molecule has 0 aliphatic carbocycles. The molecule has 3 atom stereocenters. The third-order valence-corrected chi connectivity index (χ3v) is 4.83. The van der Waals surface area contributed by atoms with E-state index in [4.69, 9.17) is 5.11 Å². The van der Waals surface area contributed by atoms with Gasteiger partial charge in [-0.2, -0.15) is 0 Å². The van der Waals surface area contributed by atoms with Gasteiger partial charge in [-0.3, -0.25) is 0 Å². The fourth-order valence-corrected chi connectivity index (χ4v) is 3.55. The van der Waals surface area contributed by atoms with Crippen LogP contribution >= 0.6 is 0 Å². The maximum absolute atomic E-state index is 14.4. The molecule has 5 heteroatoms. The van der Waals surface area contributed by atoms with Crippen LogP contribution < -0.4 is 4.72 Å². The Bertz CT molecular complexity index is 431. The van der Waals surface area contributed by atoms with Crippen LogP contribution in [0.2, 0.25) is 0 Å². The van der Waals surface area contributed by atoms with E-state index in [1.165, 1.54) is 0 Å². The molecule has 0 radical (unpaired) electrons. The van der Waals surface area contributed by atoms with Crippen LogP contribution in [-0.4, -0.2) is 22.0 Å². The number of hydrogen-bond donors (Lipinski definition) is 2. The lowest BCUT2D eigenvalue weighted by atomic mass is 9.91. The van der Waals surface area contributed by atoms with Crippen LogP contribution in [0.4, 0.5) is 4.39 Å². The molecule has 1 aromatic rings. The van der Waals surface area contributed by atoms with Gasteiger partial charge in [0.25, 0.3) is 0 Å². The van der Waals surface area contributed by atoms with Gasteiger partial charge in [0.05, 0.1) is 6.04 Å². The molecule has 0 spiro atoms. The molecule has 0 saturated heterocycles. The molecule has 0 bridgehead atoms. The van der Waals surface area contributed by atoms with Crippen molar-refractivity contribution in [3.05, 3.63) is 35.1 Å². The van der Waals surface area contributed by atoms with Crippen molar-refractivity contribution in [2.24, 2.45) is 5.92 Å². The summed E-state index contributed by atoms with van der Waals surface area (Å²) in [5.74, 6) is 0.302. The van der Waals surface area contributed by atoms with E-state index in [0.717, 1.165) is 12.8 Å². The maximum atomic E-state index is 14.4. The Balaban J connectivity index is 2.93. The first kappa shape index (κ1) is 18.4. The second-order valence-electron chi connectivity index (χ2n) is 5.47. The molecule has 0 saturated carbocycles. The highest BCUT2D eigenvalue weighted by Gasteiger charge is 2.27. The van der Waals surface area contributed by atoms with Crippen LogP contribution in [0.3, 0.4) is 0 Å². The number of benzene rings is 1. The fourth-order valence-electron chi connectivity index (χ4n) is 2.24. The molecule has 1 rings (SSSR count). The largest absolute Gasteiger partial charge is 0.598 e. The van der Waals surface area contributed by atoms with E-state index >= 15 is 0 Å². The average Bonchev–Trinajstić information content (AvgIpc) is 2.46. The molecule has 3 nitrogen and oxygen atoms in total. The summed E-state index contributed by atoms with van der Waals surface area (Å²) in [4.78, 5) is 0. The summed E-state index contributed by atoms with van der Waals surface area (Å²) >= 11 is -1.19. The smallest absolute Gasteiger partial charge is 0.131 e. The maximum Gasteiger partial charge on any atom is 0.131 e. The van der Waals surface area contributed by atoms with Crippen LogP contribution in [0.1, 0.15) is 50.3 Å². The molecule has 0 aliphatic rings. The van der Waals surface area contributed by atoms with Crippen molar-refractivity contribution in [1.82, 2.24) is 4.72 Å². The Morgan fingerprint density at radius 3 is 2.76 bits per heavy atom. The quantitative estimate of drug-likeness (QED) is 0.688. The highest BCUT2D eigenvalue weighted by molar-refractivity contribution is 7.89. The normalized spacial score (nSPS) is 15.7. The van der Waals surface area contributed by atoms with Crippen molar-refractivity contribution in [1.29, 1.82) is 0 Å². The Kier molecular flexibility index (Phi) is 8.26. The van der Waals surface area contributed by atoms with Crippen molar-refractivity contribution in [3.8, 4) is 0 Å². The number of halogens is 1. The van der Waals surface area contributed by atoms with Crippen LogP contribution in [0.15, 0.2) is 18.2 Å². The van der Waals surface area contributed by atoms with Crippen molar-refractivity contribution < 1.29 is 14.0 Å². The molecule has 0 aliphatic heterocycles. The van der Waals surface area contributed by atoms with E-state index in [1.54, 1.807) is 19.1 Å². The second kappa shape index (κ2) is 9.41. The number of hydrogen-bond acceptors (Lipinski definition) is 3. The van der Waals surface area contributed by atoms with Gasteiger partial charge in [0.2, 0.25) is 0 Å². The minimum Gasteiger partial charge on any atom is -0.598 e. The molecule has 2 N–H and O–H groups in total. The number of aliphatic hydroxyl groups excluding tert-OH is 1. The topological polar surface area (TPSA) is 55.3 Å². The number of aryl methyl sites for hydroxylation is 1. The zero-order chi connectivity index (χ0) is 15.8. The SMILES string of the molecule is CCCC[S+]([O-])NC(c1cccc(C)c1F)[C@@H](C)CCO. The third kappa shape index (κ3) is 5.58. The Hall–Kier alpha value is -0.620. The third-order valence-electron chi connectivity index (χ3n) is 3.65. The fraction of sp³-hybridized carbons (Fsp3) is 0.625. The van der Waals surface area contributed by atoms with Gasteiger partial charge >= 0.3 is 0 Å². The highest BCUT2D eigenvalue weighted by atomic mass is 32.2. The Morgan fingerprint density at radius 1 is 1.43 bits per heavy atom. The zero-order valence-electron chi connectivity index (χ0n) is 13.1. The van der Waals surface area contributed by atoms with Crippen LogP contribution in [0.25, 0.3) is 0 Å². The standard InChI is InChI=1S/C16H26FNO2S/c1-4-5-11-21(20)18-16(13(3)9-10-19)14-8-6-7-12(2)15(14)17/h6-8,13,16,18-19H,4-5,9-11H2,1-3H3/t13-,16?,21?/m0/s1. The lowest BCUT2D eigenvalue weighted by Crippen LogP contribution is -2.35. The van der Waals surface area contributed by atoms with Crippen molar-refractivity contribution in [2.45, 2.75) is 46.1 Å². The molecular weight excluding hydrogens is 289 g/mol. The summed E-state index contributed by atoms with van der Waals surface area (Å²) < 4.78 is 29.5. The second-order valence-corrected chi connectivity index (χ2v) is 6.80. The number of rotatable bonds is 9. The van der Waals surface area contributed by atoms with Crippen molar-refractivity contribution in [2.75, 3.05) is 12.4 Å². The van der Waals surface area contributed by atoms with E-state index in [0.29, 0.717) is 23.3 Å². The van der Waals surface area contributed by atoms with Gasteiger partial charge in [0.15, 0.2) is 0 Å². The van der Waals surface area contributed by atoms with Gasteiger partial charge in [-0.05, 0) is 31.2 Å². The lowest BCUT2D eigenvalue weighted by Gasteiger charge is -2.26. The summed E-state index contributed by atoms with van der Waals surface area (Å²) in [7, 11) is 0. The van der Waals surface area contributed by atoms with Crippen LogP contribution in [0, 0.1) is 18.7 Å². The highest BCUT2D eigenvalue weighted by Crippen LogP contribution is 2.28. The lowest BCUT2D eigenvalue weighted by molar-refractivity contribution is 0.245. The minimum atomic E-state index is -1.19. The van der Waals surface area contributed by atoms with E-state index < -0.39 is 11.4 Å². The van der Waals surface area contributed by atoms with Gasteiger partial charge in [0.1, 0.15) is 11.6 Å². The molecule has 120 valence electrons. The first-order valence-corrected chi connectivity index (χ1v) is 8.83. The number of unbranched alkanes of at least 4 members (excludes halogenated alkanes) is 1. The summed E-state index contributed by atoms with van der Waals surface area (Å²) in [5, 5.41) is 9.13. The van der Waals surface area contributed by atoms with Crippen molar-refractivity contribution in [3.63, 3.8) is 0 Å². The molecular formula is C16H26FNO2S. The molecule has 0 fully saturated rings. The predicted octanol–water partition coefficient (Wildman–Crippen LogP) is 3.25. The molecule has 0 amide bonds.